The van der Waals surface area contributed by atoms with Crippen molar-refractivity contribution in [3.05, 3.63) is 24.3 Å². The second-order valence-electron chi connectivity index (χ2n) is 2.67. The Bertz CT molecular complexity index is 228. The number of hydrogen-bond acceptors (Lipinski definition) is 4. The van der Waals surface area contributed by atoms with Gasteiger partial charge in [-0.2, -0.15) is 0 Å². The second-order valence-corrected chi connectivity index (χ2v) is 2.67. The van der Waals surface area contributed by atoms with Crippen LogP contribution in [0.25, 0.3) is 0 Å². The van der Waals surface area contributed by atoms with Crippen LogP contribution in [-0.4, -0.2) is 28.3 Å². The van der Waals surface area contributed by atoms with Crippen LogP contribution in [0.1, 0.15) is 25.0 Å². The number of nitrogens with zero attached hydrogens (tertiary/aromatic N) is 2. The summed E-state index contributed by atoms with van der Waals surface area (Å²) >= 11 is 0. The van der Waals surface area contributed by atoms with Crippen molar-refractivity contribution in [1.29, 1.82) is 0 Å². The Morgan fingerprint density at radius 3 is 2.77 bits per heavy atom. The number of aromatic nitrogens is 2. The molecule has 0 aromatic carbocycles. The quantitative estimate of drug-likeness (QED) is 0.688. The molecule has 1 atom stereocenters. The van der Waals surface area contributed by atoms with Crippen LogP contribution in [0.2, 0.25) is 0 Å². The fourth-order valence-electron chi connectivity index (χ4n) is 0.989. The molecular weight excluding hydrogens is 168 g/mol. The van der Waals surface area contributed by atoms with Gasteiger partial charge in [0.15, 0.2) is 0 Å². The average Bonchev–Trinajstić information content (AvgIpc) is 2.19. The van der Waals surface area contributed by atoms with Crippen molar-refractivity contribution < 1.29 is 9.84 Å². The van der Waals surface area contributed by atoms with E-state index in [9.17, 15) is 5.11 Å². The molecule has 1 unspecified atom stereocenters. The van der Waals surface area contributed by atoms with E-state index in [1.165, 1.54) is 6.33 Å². The SMILES string of the molecule is CCOCCC(O)c1cncnc1. The zero-order valence-corrected chi connectivity index (χ0v) is 7.68. The second kappa shape index (κ2) is 5.61. The Hall–Kier alpha value is -1.00. The zero-order chi connectivity index (χ0) is 9.52. The summed E-state index contributed by atoms with van der Waals surface area (Å²) in [7, 11) is 0. The molecule has 0 bridgehead atoms. The molecule has 1 rings (SSSR count). The Morgan fingerprint density at radius 1 is 1.46 bits per heavy atom. The summed E-state index contributed by atoms with van der Waals surface area (Å²) < 4.78 is 5.12. The Labute approximate surface area is 77.6 Å². The van der Waals surface area contributed by atoms with E-state index in [0.717, 1.165) is 5.56 Å². The maximum Gasteiger partial charge on any atom is 0.115 e. The van der Waals surface area contributed by atoms with Gasteiger partial charge in [-0.05, 0) is 6.92 Å². The molecule has 1 N–H and O–H groups in total. The topological polar surface area (TPSA) is 55.2 Å². The van der Waals surface area contributed by atoms with Crippen molar-refractivity contribution >= 4 is 0 Å². The largest absolute Gasteiger partial charge is 0.388 e. The highest BCUT2D eigenvalue weighted by atomic mass is 16.5. The molecule has 0 radical (unpaired) electrons. The van der Waals surface area contributed by atoms with E-state index in [1.807, 2.05) is 6.92 Å². The van der Waals surface area contributed by atoms with Crippen LogP contribution in [0.4, 0.5) is 0 Å². The first-order valence-electron chi connectivity index (χ1n) is 4.35. The lowest BCUT2D eigenvalue weighted by molar-refractivity contribution is 0.0883. The van der Waals surface area contributed by atoms with Crippen molar-refractivity contribution in [2.75, 3.05) is 13.2 Å². The van der Waals surface area contributed by atoms with Crippen molar-refractivity contribution in [2.45, 2.75) is 19.4 Å². The van der Waals surface area contributed by atoms with Gasteiger partial charge >= 0.3 is 0 Å². The van der Waals surface area contributed by atoms with E-state index < -0.39 is 6.10 Å². The summed E-state index contributed by atoms with van der Waals surface area (Å²) in [5.41, 5.74) is 0.738. The highest BCUT2D eigenvalue weighted by Crippen LogP contribution is 2.13. The van der Waals surface area contributed by atoms with E-state index in [0.29, 0.717) is 19.6 Å². The van der Waals surface area contributed by atoms with Crippen molar-refractivity contribution in [2.24, 2.45) is 0 Å². The first kappa shape index (κ1) is 10.1. The molecule has 0 spiro atoms. The Balaban J connectivity index is 2.35. The first-order chi connectivity index (χ1) is 6.34. The van der Waals surface area contributed by atoms with Gasteiger partial charge in [0.05, 0.1) is 6.10 Å². The highest BCUT2D eigenvalue weighted by Gasteiger charge is 2.06. The van der Waals surface area contributed by atoms with Gasteiger partial charge in [0.25, 0.3) is 0 Å². The Kier molecular flexibility index (Phi) is 4.35. The molecule has 13 heavy (non-hydrogen) atoms. The minimum atomic E-state index is -0.521. The molecule has 4 heteroatoms. The lowest BCUT2D eigenvalue weighted by Crippen LogP contribution is -2.03. The number of aliphatic hydroxyl groups is 1. The highest BCUT2D eigenvalue weighted by molar-refractivity contribution is 5.05. The van der Waals surface area contributed by atoms with Crippen molar-refractivity contribution in [1.82, 2.24) is 9.97 Å². The van der Waals surface area contributed by atoms with Crippen LogP contribution >= 0.6 is 0 Å². The third kappa shape index (κ3) is 3.48. The molecule has 72 valence electrons. The van der Waals surface area contributed by atoms with Gasteiger partial charge in [0, 0.05) is 37.6 Å². The van der Waals surface area contributed by atoms with Crippen LogP contribution in [0.5, 0.6) is 0 Å². The average molecular weight is 182 g/mol. The molecule has 0 aliphatic rings. The molecule has 0 fully saturated rings. The molecular formula is C9H14N2O2. The van der Waals surface area contributed by atoms with Crippen LogP contribution < -0.4 is 0 Å². The van der Waals surface area contributed by atoms with Crippen LogP contribution in [0.3, 0.4) is 0 Å². The molecule has 0 saturated carbocycles. The normalized spacial score (nSPS) is 12.8. The van der Waals surface area contributed by atoms with Gasteiger partial charge in [-0.15, -0.1) is 0 Å². The molecule has 4 nitrogen and oxygen atoms in total. The fraction of sp³-hybridized carbons (Fsp3) is 0.556. The molecule has 0 aliphatic heterocycles. The minimum absolute atomic E-state index is 0.521. The number of rotatable bonds is 5. The number of aliphatic hydroxyl groups excluding tert-OH is 1. The number of ether oxygens (including phenoxy) is 1. The summed E-state index contributed by atoms with van der Waals surface area (Å²) in [6, 6.07) is 0. The summed E-state index contributed by atoms with van der Waals surface area (Å²) in [6.07, 6.45) is 4.74. The van der Waals surface area contributed by atoms with E-state index in [2.05, 4.69) is 9.97 Å². The maximum atomic E-state index is 9.59. The van der Waals surface area contributed by atoms with E-state index in [4.69, 9.17) is 4.74 Å². The van der Waals surface area contributed by atoms with Gasteiger partial charge in [0.2, 0.25) is 0 Å². The summed E-state index contributed by atoms with van der Waals surface area (Å²) in [5.74, 6) is 0. The molecule has 0 amide bonds. The van der Waals surface area contributed by atoms with Crippen LogP contribution in [0, 0.1) is 0 Å². The minimum Gasteiger partial charge on any atom is -0.388 e. The molecule has 0 aliphatic carbocycles. The summed E-state index contributed by atoms with van der Waals surface area (Å²) in [4.78, 5) is 7.64. The van der Waals surface area contributed by atoms with E-state index in [-0.39, 0.29) is 0 Å². The predicted molar refractivity (Wildman–Crippen MR) is 48.1 cm³/mol. The van der Waals surface area contributed by atoms with Gasteiger partial charge in [0.1, 0.15) is 6.33 Å². The monoisotopic (exact) mass is 182 g/mol. The molecule has 1 aromatic rings. The Morgan fingerprint density at radius 2 is 2.15 bits per heavy atom. The van der Waals surface area contributed by atoms with Gasteiger partial charge in [-0.3, -0.25) is 0 Å². The number of hydrogen-bond donors (Lipinski definition) is 1. The van der Waals surface area contributed by atoms with E-state index >= 15 is 0 Å². The summed E-state index contributed by atoms with van der Waals surface area (Å²) in [5, 5.41) is 9.59. The van der Waals surface area contributed by atoms with Crippen molar-refractivity contribution in [3.8, 4) is 0 Å². The van der Waals surface area contributed by atoms with Crippen LogP contribution in [0.15, 0.2) is 18.7 Å². The summed E-state index contributed by atoms with van der Waals surface area (Å²) in [6.45, 7) is 3.17. The van der Waals surface area contributed by atoms with E-state index in [1.54, 1.807) is 12.4 Å². The van der Waals surface area contributed by atoms with Gasteiger partial charge in [-0.25, -0.2) is 9.97 Å². The molecule has 1 heterocycles. The third-order valence-corrected chi connectivity index (χ3v) is 1.71. The maximum absolute atomic E-state index is 9.59. The van der Waals surface area contributed by atoms with Gasteiger partial charge in [-0.1, -0.05) is 0 Å². The zero-order valence-electron chi connectivity index (χ0n) is 7.68. The standard InChI is InChI=1S/C9H14N2O2/c1-2-13-4-3-9(12)8-5-10-7-11-6-8/h5-7,9,12H,2-4H2,1H3. The lowest BCUT2D eigenvalue weighted by Gasteiger charge is -2.08. The van der Waals surface area contributed by atoms with Crippen LogP contribution in [-0.2, 0) is 4.74 Å². The lowest BCUT2D eigenvalue weighted by atomic mass is 10.1. The molecule has 1 aromatic heterocycles. The third-order valence-electron chi connectivity index (χ3n) is 1.71. The molecule has 0 saturated heterocycles. The smallest absolute Gasteiger partial charge is 0.115 e. The van der Waals surface area contributed by atoms with Gasteiger partial charge < -0.3 is 9.84 Å². The first-order valence-corrected chi connectivity index (χ1v) is 4.35. The fourth-order valence-corrected chi connectivity index (χ4v) is 0.989. The predicted octanol–water partition coefficient (Wildman–Crippen LogP) is 0.937. The van der Waals surface area contributed by atoms with Crippen molar-refractivity contribution in [3.63, 3.8) is 0 Å².